The quantitative estimate of drug-likeness (QED) is 0.770. The number of methoxy groups -OCH3 is 1. The molecule has 0 unspecified atom stereocenters. The van der Waals surface area contributed by atoms with Crippen molar-refractivity contribution in [3.63, 3.8) is 0 Å². The Bertz CT molecular complexity index is 496. The van der Waals surface area contributed by atoms with Gasteiger partial charge >= 0.3 is 0 Å². The van der Waals surface area contributed by atoms with Crippen LogP contribution in [-0.4, -0.2) is 21.9 Å². The maximum absolute atomic E-state index is 5.79. The van der Waals surface area contributed by atoms with Crippen molar-refractivity contribution in [2.45, 2.75) is 12.8 Å². The normalized spacial score (nSPS) is 10.4. The van der Waals surface area contributed by atoms with Crippen molar-refractivity contribution in [3.05, 3.63) is 35.9 Å². The predicted molar refractivity (Wildman–Crippen MR) is 62.2 cm³/mol. The van der Waals surface area contributed by atoms with Crippen molar-refractivity contribution < 1.29 is 4.74 Å². The molecule has 4 nitrogen and oxygen atoms in total. The van der Waals surface area contributed by atoms with Gasteiger partial charge in [0.05, 0.1) is 18.7 Å². The van der Waals surface area contributed by atoms with Crippen molar-refractivity contribution >= 4 is 11.6 Å². The fourth-order valence-electron chi connectivity index (χ4n) is 1.58. The van der Waals surface area contributed by atoms with E-state index in [1.54, 1.807) is 13.4 Å². The highest BCUT2D eigenvalue weighted by molar-refractivity contribution is 6.16. The number of ether oxygens (including phenoxy) is 1. The van der Waals surface area contributed by atoms with Crippen LogP contribution in [0.3, 0.4) is 0 Å². The molecule has 1 aromatic heterocycles. The highest BCUT2D eigenvalue weighted by Gasteiger charge is 2.08. The monoisotopic (exact) mass is 237 g/mol. The fourth-order valence-corrected chi connectivity index (χ4v) is 1.76. The lowest BCUT2D eigenvalue weighted by Gasteiger charge is -2.09. The number of halogens is 1. The van der Waals surface area contributed by atoms with E-state index in [2.05, 4.69) is 10.2 Å². The molecule has 0 atom stereocenters. The molecule has 0 spiro atoms. The first-order chi connectivity index (χ1) is 7.76. The van der Waals surface area contributed by atoms with Crippen LogP contribution in [-0.2, 0) is 5.88 Å². The van der Waals surface area contributed by atoms with Crippen molar-refractivity contribution in [1.82, 2.24) is 14.8 Å². The smallest absolute Gasteiger partial charge is 0.152 e. The van der Waals surface area contributed by atoms with Gasteiger partial charge in [-0.15, -0.1) is 21.8 Å². The minimum atomic E-state index is 0.339. The zero-order valence-electron chi connectivity index (χ0n) is 9.14. The van der Waals surface area contributed by atoms with E-state index < -0.39 is 0 Å². The highest BCUT2D eigenvalue weighted by atomic mass is 35.5. The lowest BCUT2D eigenvalue weighted by atomic mass is 10.2. The summed E-state index contributed by atoms with van der Waals surface area (Å²) in [4.78, 5) is 0. The summed E-state index contributed by atoms with van der Waals surface area (Å²) >= 11 is 5.79. The Kier molecular flexibility index (Phi) is 3.10. The number of aromatic nitrogens is 3. The van der Waals surface area contributed by atoms with E-state index in [4.69, 9.17) is 16.3 Å². The van der Waals surface area contributed by atoms with Crippen molar-refractivity contribution in [2.75, 3.05) is 7.11 Å². The Morgan fingerprint density at radius 2 is 2.25 bits per heavy atom. The predicted octanol–water partition coefficient (Wildman–Crippen LogP) is 2.32. The average molecular weight is 238 g/mol. The van der Waals surface area contributed by atoms with Gasteiger partial charge in [0.2, 0.25) is 0 Å². The number of alkyl halides is 1. The first kappa shape index (κ1) is 11.0. The van der Waals surface area contributed by atoms with E-state index >= 15 is 0 Å². The Morgan fingerprint density at radius 1 is 1.44 bits per heavy atom. The SMILES string of the molecule is COc1ccc(-n2cnnc2CCl)c(C)c1. The lowest BCUT2D eigenvalue weighted by Crippen LogP contribution is -2.00. The van der Waals surface area contributed by atoms with Crippen LogP contribution in [0, 0.1) is 6.92 Å². The third-order valence-corrected chi connectivity index (χ3v) is 2.64. The molecule has 0 aliphatic rings. The van der Waals surface area contributed by atoms with Crippen molar-refractivity contribution in [3.8, 4) is 11.4 Å². The van der Waals surface area contributed by atoms with Crippen LogP contribution < -0.4 is 4.74 Å². The summed E-state index contributed by atoms with van der Waals surface area (Å²) in [6.45, 7) is 2.01. The number of hydrogen-bond acceptors (Lipinski definition) is 3. The van der Waals surface area contributed by atoms with Crippen molar-refractivity contribution in [2.24, 2.45) is 0 Å². The second-order valence-electron chi connectivity index (χ2n) is 3.40. The summed E-state index contributed by atoms with van der Waals surface area (Å²) in [5, 5.41) is 7.79. The Hall–Kier alpha value is -1.55. The minimum Gasteiger partial charge on any atom is -0.497 e. The fraction of sp³-hybridized carbons (Fsp3) is 0.273. The van der Waals surface area contributed by atoms with Gasteiger partial charge in [-0.05, 0) is 30.7 Å². The molecule has 84 valence electrons. The van der Waals surface area contributed by atoms with Gasteiger partial charge in [-0.2, -0.15) is 0 Å². The van der Waals surface area contributed by atoms with Crippen LogP contribution >= 0.6 is 11.6 Å². The molecule has 0 radical (unpaired) electrons. The summed E-state index contributed by atoms with van der Waals surface area (Å²) < 4.78 is 7.03. The molecule has 0 N–H and O–H groups in total. The van der Waals surface area contributed by atoms with Gasteiger partial charge in [-0.3, -0.25) is 4.57 Å². The first-order valence-corrected chi connectivity index (χ1v) is 5.39. The molecule has 2 rings (SSSR count). The van der Waals surface area contributed by atoms with Gasteiger partial charge in [0.15, 0.2) is 5.82 Å². The second kappa shape index (κ2) is 4.53. The van der Waals surface area contributed by atoms with Gasteiger partial charge in [-0.25, -0.2) is 0 Å². The van der Waals surface area contributed by atoms with Crippen LogP contribution in [0.4, 0.5) is 0 Å². The van der Waals surface area contributed by atoms with Crippen LogP contribution in [0.15, 0.2) is 24.5 Å². The Labute approximate surface area is 98.8 Å². The van der Waals surface area contributed by atoms with E-state index in [1.165, 1.54) is 0 Å². The summed E-state index contributed by atoms with van der Waals surface area (Å²) in [5.41, 5.74) is 2.10. The number of hydrogen-bond donors (Lipinski definition) is 0. The molecule has 1 heterocycles. The molecule has 0 aliphatic carbocycles. The van der Waals surface area contributed by atoms with E-state index in [0.717, 1.165) is 22.8 Å². The standard InChI is InChI=1S/C11H12ClN3O/c1-8-5-9(16-2)3-4-10(8)15-7-13-14-11(15)6-12/h3-5,7H,6H2,1-2H3. The van der Waals surface area contributed by atoms with Gasteiger partial charge in [0.1, 0.15) is 12.1 Å². The third kappa shape index (κ3) is 1.88. The molecule has 0 saturated heterocycles. The molecule has 1 aromatic carbocycles. The second-order valence-corrected chi connectivity index (χ2v) is 3.67. The maximum atomic E-state index is 5.79. The number of aryl methyl sites for hydroxylation is 1. The molecule has 0 saturated carbocycles. The Balaban J connectivity index is 2.48. The molecule has 5 heteroatoms. The van der Waals surface area contributed by atoms with Gasteiger partial charge in [0, 0.05) is 0 Å². The van der Waals surface area contributed by atoms with Crippen LogP contribution in [0.1, 0.15) is 11.4 Å². The molecule has 0 amide bonds. The number of rotatable bonds is 3. The molecular formula is C11H12ClN3O. The van der Waals surface area contributed by atoms with E-state index in [1.807, 2.05) is 29.7 Å². The van der Waals surface area contributed by atoms with Crippen LogP contribution in [0.5, 0.6) is 5.75 Å². The summed E-state index contributed by atoms with van der Waals surface area (Å²) in [7, 11) is 1.65. The summed E-state index contributed by atoms with van der Waals surface area (Å²) in [6.07, 6.45) is 1.66. The summed E-state index contributed by atoms with van der Waals surface area (Å²) in [5.74, 6) is 1.91. The Morgan fingerprint density at radius 3 is 2.88 bits per heavy atom. The zero-order valence-corrected chi connectivity index (χ0v) is 9.90. The van der Waals surface area contributed by atoms with E-state index in [9.17, 15) is 0 Å². The van der Waals surface area contributed by atoms with Crippen LogP contribution in [0.25, 0.3) is 5.69 Å². The van der Waals surface area contributed by atoms with Crippen LogP contribution in [0.2, 0.25) is 0 Å². The largest absolute Gasteiger partial charge is 0.497 e. The van der Waals surface area contributed by atoms with Gasteiger partial charge in [-0.1, -0.05) is 0 Å². The first-order valence-electron chi connectivity index (χ1n) is 4.86. The highest BCUT2D eigenvalue weighted by Crippen LogP contribution is 2.21. The summed E-state index contributed by atoms with van der Waals surface area (Å²) in [6, 6.07) is 5.83. The zero-order chi connectivity index (χ0) is 11.5. The number of nitrogens with zero attached hydrogens (tertiary/aromatic N) is 3. The topological polar surface area (TPSA) is 39.9 Å². The molecule has 0 fully saturated rings. The van der Waals surface area contributed by atoms with E-state index in [0.29, 0.717) is 5.88 Å². The van der Waals surface area contributed by atoms with Gasteiger partial charge in [0.25, 0.3) is 0 Å². The maximum Gasteiger partial charge on any atom is 0.152 e. The molecule has 0 aliphatic heterocycles. The minimum absolute atomic E-state index is 0.339. The third-order valence-electron chi connectivity index (χ3n) is 2.40. The lowest BCUT2D eigenvalue weighted by molar-refractivity contribution is 0.414. The average Bonchev–Trinajstić information content (AvgIpc) is 2.76. The molecule has 16 heavy (non-hydrogen) atoms. The number of benzene rings is 1. The molecule has 2 aromatic rings. The molecule has 0 bridgehead atoms. The molecular weight excluding hydrogens is 226 g/mol. The van der Waals surface area contributed by atoms with Crippen molar-refractivity contribution in [1.29, 1.82) is 0 Å². The van der Waals surface area contributed by atoms with Gasteiger partial charge < -0.3 is 4.74 Å². The van der Waals surface area contributed by atoms with E-state index in [-0.39, 0.29) is 0 Å².